The first kappa shape index (κ1) is 17.3. The van der Waals surface area contributed by atoms with Crippen molar-refractivity contribution in [1.82, 2.24) is 20.1 Å². The molecule has 0 aliphatic carbocycles. The van der Waals surface area contributed by atoms with Crippen LogP contribution in [0, 0.1) is 5.92 Å². The van der Waals surface area contributed by atoms with E-state index < -0.39 is 6.10 Å². The summed E-state index contributed by atoms with van der Waals surface area (Å²) in [6.07, 6.45) is 0.815. The number of likely N-dealkylation sites (tertiary alicyclic amines) is 1. The van der Waals surface area contributed by atoms with Gasteiger partial charge in [-0.2, -0.15) is 5.10 Å². The number of ether oxygens (including phenoxy) is 1. The van der Waals surface area contributed by atoms with Crippen LogP contribution in [0.4, 0.5) is 0 Å². The largest absolute Gasteiger partial charge is 0.391 e. The zero-order valence-electron chi connectivity index (χ0n) is 15.5. The molecule has 1 aromatic carbocycles. The molecule has 4 heterocycles. The van der Waals surface area contributed by atoms with Crippen LogP contribution in [0.25, 0.3) is 10.9 Å². The Morgan fingerprint density at radius 3 is 3.07 bits per heavy atom. The van der Waals surface area contributed by atoms with Gasteiger partial charge in [0.15, 0.2) is 5.69 Å². The second-order valence-electron chi connectivity index (χ2n) is 7.57. The monoisotopic (exact) mass is 378 g/mol. The summed E-state index contributed by atoms with van der Waals surface area (Å²) < 4.78 is 5.48. The zero-order valence-corrected chi connectivity index (χ0v) is 15.5. The molecule has 2 atom stereocenters. The highest BCUT2D eigenvalue weighted by Gasteiger charge is 2.36. The predicted octanol–water partition coefficient (Wildman–Crippen LogP) is 1.71. The molecule has 0 unspecified atom stereocenters. The van der Waals surface area contributed by atoms with Gasteiger partial charge in [0.05, 0.1) is 24.8 Å². The number of aromatic amines is 1. The van der Waals surface area contributed by atoms with E-state index in [1.54, 1.807) is 4.90 Å². The normalized spacial score (nSPS) is 21.8. The number of carbonyl (C=O) groups excluding carboxylic acids is 1. The maximum atomic E-state index is 13.0. The Balaban J connectivity index is 1.31. The van der Waals surface area contributed by atoms with Gasteiger partial charge in [0.1, 0.15) is 0 Å². The van der Waals surface area contributed by atoms with Crippen molar-refractivity contribution in [3.8, 4) is 0 Å². The highest BCUT2D eigenvalue weighted by molar-refractivity contribution is 5.94. The summed E-state index contributed by atoms with van der Waals surface area (Å²) in [6.45, 7) is 1.87. The number of benzene rings is 1. The number of pyridine rings is 1. The van der Waals surface area contributed by atoms with Crippen LogP contribution in [0.15, 0.2) is 36.4 Å². The van der Waals surface area contributed by atoms with Gasteiger partial charge in [-0.25, -0.2) is 0 Å². The minimum Gasteiger partial charge on any atom is -0.391 e. The summed E-state index contributed by atoms with van der Waals surface area (Å²) >= 11 is 0. The van der Waals surface area contributed by atoms with Gasteiger partial charge in [-0.1, -0.05) is 24.3 Å². The van der Waals surface area contributed by atoms with Crippen molar-refractivity contribution < 1.29 is 14.6 Å². The van der Waals surface area contributed by atoms with Gasteiger partial charge < -0.3 is 14.7 Å². The Kier molecular flexibility index (Phi) is 4.33. The molecule has 0 spiro atoms. The fraction of sp³-hybridized carbons (Fsp3) is 0.381. The molecular weight excluding hydrogens is 356 g/mol. The lowest BCUT2D eigenvalue weighted by molar-refractivity contribution is 0.0745. The quantitative estimate of drug-likeness (QED) is 0.724. The van der Waals surface area contributed by atoms with Gasteiger partial charge in [0.25, 0.3) is 5.91 Å². The van der Waals surface area contributed by atoms with Crippen LogP contribution in [0.1, 0.15) is 27.4 Å². The van der Waals surface area contributed by atoms with Crippen LogP contribution < -0.4 is 0 Å². The number of H-pyrrole nitrogens is 1. The summed E-state index contributed by atoms with van der Waals surface area (Å²) in [5.41, 5.74) is 4.13. The first-order valence-corrected chi connectivity index (χ1v) is 9.65. The molecule has 2 aliphatic rings. The maximum Gasteiger partial charge on any atom is 0.274 e. The van der Waals surface area contributed by atoms with Crippen molar-refractivity contribution >= 4 is 16.8 Å². The molecule has 1 fully saturated rings. The van der Waals surface area contributed by atoms with Gasteiger partial charge in [-0.15, -0.1) is 0 Å². The fourth-order valence-electron chi connectivity index (χ4n) is 4.15. The Labute approximate surface area is 162 Å². The number of aromatic nitrogens is 3. The molecule has 7 heteroatoms. The van der Waals surface area contributed by atoms with Gasteiger partial charge in [-0.3, -0.25) is 14.9 Å². The van der Waals surface area contributed by atoms with E-state index in [2.05, 4.69) is 16.3 Å². The van der Waals surface area contributed by atoms with E-state index in [1.807, 2.05) is 30.3 Å². The van der Waals surface area contributed by atoms with Crippen molar-refractivity contribution in [2.75, 3.05) is 19.7 Å². The number of hydrogen-bond acceptors (Lipinski definition) is 5. The Hall–Kier alpha value is -2.77. The predicted molar refractivity (Wildman–Crippen MR) is 103 cm³/mol. The SMILES string of the molecule is O=C(c1n[nH]c2c1COCC2)N1C[C@@H](Cc2ccc3ccccc3n2)[C@H](O)C1. The molecule has 0 radical (unpaired) electrons. The Morgan fingerprint density at radius 2 is 2.14 bits per heavy atom. The lowest BCUT2D eigenvalue weighted by atomic mass is 9.99. The molecule has 144 valence electrons. The van der Waals surface area contributed by atoms with E-state index in [0.29, 0.717) is 38.4 Å². The summed E-state index contributed by atoms with van der Waals surface area (Å²) in [5.74, 6) is -0.181. The van der Waals surface area contributed by atoms with Crippen molar-refractivity contribution in [1.29, 1.82) is 0 Å². The van der Waals surface area contributed by atoms with E-state index in [-0.39, 0.29) is 11.8 Å². The standard InChI is InChI=1S/C21H22N4O3/c26-19-11-25(21(27)20-16-12-28-8-7-18(16)23-24-20)10-14(19)9-15-6-5-13-3-1-2-4-17(13)22-15/h1-6,14,19,26H,7-12H2,(H,23,24)/t14-,19-/m1/s1. The van der Waals surface area contributed by atoms with Gasteiger partial charge in [0.2, 0.25) is 0 Å². The molecule has 0 bridgehead atoms. The second-order valence-corrected chi connectivity index (χ2v) is 7.57. The molecular formula is C21H22N4O3. The molecule has 2 aromatic heterocycles. The molecule has 28 heavy (non-hydrogen) atoms. The number of fused-ring (bicyclic) bond motifs is 2. The first-order chi connectivity index (χ1) is 13.7. The lowest BCUT2D eigenvalue weighted by Crippen LogP contribution is -2.31. The van der Waals surface area contributed by atoms with Crippen LogP contribution in [-0.4, -0.2) is 56.9 Å². The lowest BCUT2D eigenvalue weighted by Gasteiger charge is -2.17. The number of nitrogens with zero attached hydrogens (tertiary/aromatic N) is 3. The number of carbonyl (C=O) groups is 1. The highest BCUT2D eigenvalue weighted by atomic mass is 16.5. The van der Waals surface area contributed by atoms with Crippen LogP contribution in [0.3, 0.4) is 0 Å². The Morgan fingerprint density at radius 1 is 1.25 bits per heavy atom. The van der Waals surface area contributed by atoms with Crippen molar-refractivity contribution in [3.05, 3.63) is 59.0 Å². The summed E-state index contributed by atoms with van der Waals surface area (Å²) in [5, 5.41) is 18.8. The van der Waals surface area contributed by atoms with Crippen LogP contribution in [0.5, 0.6) is 0 Å². The summed E-state index contributed by atoms with van der Waals surface area (Å²) in [4.78, 5) is 19.4. The van der Waals surface area contributed by atoms with E-state index in [1.165, 1.54) is 0 Å². The summed E-state index contributed by atoms with van der Waals surface area (Å²) in [7, 11) is 0. The zero-order chi connectivity index (χ0) is 19.1. The molecule has 7 nitrogen and oxygen atoms in total. The van der Waals surface area contributed by atoms with Crippen LogP contribution in [0.2, 0.25) is 0 Å². The van der Waals surface area contributed by atoms with Crippen LogP contribution >= 0.6 is 0 Å². The number of rotatable bonds is 3. The molecule has 5 rings (SSSR count). The van der Waals surface area contributed by atoms with Crippen molar-refractivity contribution in [2.45, 2.75) is 25.6 Å². The molecule has 2 aliphatic heterocycles. The molecule has 1 amide bonds. The number of aliphatic hydroxyl groups excluding tert-OH is 1. The van der Waals surface area contributed by atoms with E-state index in [9.17, 15) is 9.90 Å². The molecule has 1 saturated heterocycles. The van der Waals surface area contributed by atoms with Gasteiger partial charge >= 0.3 is 0 Å². The number of β-amino-alcohol motifs (C(OH)–C–C–N with tert-alkyl or cyclic N) is 1. The minimum atomic E-state index is -0.566. The number of para-hydroxylation sites is 1. The molecule has 0 saturated carbocycles. The van der Waals surface area contributed by atoms with Crippen molar-refractivity contribution in [3.63, 3.8) is 0 Å². The maximum absolute atomic E-state index is 13.0. The average Bonchev–Trinajstić information content (AvgIpc) is 3.31. The van der Waals surface area contributed by atoms with E-state index >= 15 is 0 Å². The number of nitrogens with one attached hydrogen (secondary N) is 1. The first-order valence-electron chi connectivity index (χ1n) is 9.65. The number of hydrogen-bond donors (Lipinski definition) is 2. The topological polar surface area (TPSA) is 91.3 Å². The average molecular weight is 378 g/mol. The van der Waals surface area contributed by atoms with E-state index in [4.69, 9.17) is 9.72 Å². The number of aliphatic hydroxyl groups is 1. The number of amides is 1. The van der Waals surface area contributed by atoms with Crippen molar-refractivity contribution in [2.24, 2.45) is 5.92 Å². The minimum absolute atomic E-state index is 0.0383. The third kappa shape index (κ3) is 3.06. The Bertz CT molecular complexity index is 1030. The smallest absolute Gasteiger partial charge is 0.274 e. The van der Waals surface area contributed by atoms with E-state index in [0.717, 1.165) is 34.3 Å². The fourth-order valence-corrected chi connectivity index (χ4v) is 4.15. The molecule has 3 aromatic rings. The van der Waals surface area contributed by atoms with Gasteiger partial charge in [0, 0.05) is 47.8 Å². The van der Waals surface area contributed by atoms with Gasteiger partial charge in [-0.05, 0) is 18.6 Å². The highest BCUT2D eigenvalue weighted by Crippen LogP contribution is 2.26. The molecule has 2 N–H and O–H groups in total. The third-order valence-corrected chi connectivity index (χ3v) is 5.72. The second kappa shape index (κ2) is 7.00. The summed E-state index contributed by atoms with van der Waals surface area (Å²) in [6, 6.07) is 12.0. The van der Waals surface area contributed by atoms with Crippen LogP contribution in [-0.2, 0) is 24.2 Å². The third-order valence-electron chi connectivity index (χ3n) is 5.72.